The van der Waals surface area contributed by atoms with E-state index < -0.39 is 0 Å². The molecule has 1 saturated heterocycles. The van der Waals surface area contributed by atoms with E-state index in [1.807, 2.05) is 52.0 Å². The second-order valence-electron chi connectivity index (χ2n) is 7.10. The molecule has 0 atom stereocenters. The van der Waals surface area contributed by atoms with Crippen LogP contribution < -0.4 is 0 Å². The SMILES string of the molecule is O=C(CSc1nc2ccccc2o1)N1CCN(Cc2cc3ccccn3n2)CC1. The normalized spacial score (nSPS) is 15.4. The van der Waals surface area contributed by atoms with E-state index in [4.69, 9.17) is 4.42 Å². The lowest BCUT2D eigenvalue weighted by Gasteiger charge is -2.34. The van der Waals surface area contributed by atoms with Crippen LogP contribution in [-0.2, 0) is 11.3 Å². The number of oxazole rings is 1. The standard InChI is InChI=1S/C21H21N5O2S/c27-20(15-29-21-22-18-6-1-2-7-19(18)28-21)25-11-9-24(10-12-25)14-16-13-17-5-3-4-8-26(17)23-16/h1-8,13H,9-12,14-15H2. The number of rotatable bonds is 5. The van der Waals surface area contributed by atoms with E-state index in [1.165, 1.54) is 11.8 Å². The molecule has 0 aliphatic carbocycles. The third-order valence-electron chi connectivity index (χ3n) is 5.12. The largest absolute Gasteiger partial charge is 0.431 e. The van der Waals surface area contributed by atoms with Crippen LogP contribution in [0.25, 0.3) is 16.6 Å². The number of hydrogen-bond donors (Lipinski definition) is 0. The van der Waals surface area contributed by atoms with Gasteiger partial charge < -0.3 is 9.32 Å². The maximum Gasteiger partial charge on any atom is 0.257 e. The molecule has 1 aliphatic rings. The van der Waals surface area contributed by atoms with E-state index in [9.17, 15) is 4.79 Å². The fourth-order valence-electron chi connectivity index (χ4n) is 3.58. The van der Waals surface area contributed by atoms with Crippen molar-refractivity contribution in [3.05, 3.63) is 60.4 Å². The van der Waals surface area contributed by atoms with Crippen LogP contribution in [0.15, 0.2) is 64.4 Å². The lowest BCUT2D eigenvalue weighted by atomic mass is 10.3. The van der Waals surface area contributed by atoms with E-state index in [-0.39, 0.29) is 5.91 Å². The molecule has 0 unspecified atom stereocenters. The predicted molar refractivity (Wildman–Crippen MR) is 112 cm³/mol. The summed E-state index contributed by atoms with van der Waals surface area (Å²) in [5.41, 5.74) is 3.74. The molecule has 4 aromatic rings. The highest BCUT2D eigenvalue weighted by molar-refractivity contribution is 7.99. The van der Waals surface area contributed by atoms with Crippen molar-refractivity contribution >= 4 is 34.3 Å². The van der Waals surface area contributed by atoms with E-state index in [2.05, 4.69) is 27.1 Å². The van der Waals surface area contributed by atoms with Crippen LogP contribution in [0.3, 0.4) is 0 Å². The number of carbonyl (C=O) groups excluding carboxylic acids is 1. The van der Waals surface area contributed by atoms with Crippen molar-refractivity contribution < 1.29 is 9.21 Å². The smallest absolute Gasteiger partial charge is 0.257 e. The molecule has 0 spiro atoms. The van der Waals surface area contributed by atoms with Gasteiger partial charge in [0.1, 0.15) is 5.52 Å². The van der Waals surface area contributed by atoms with Crippen molar-refractivity contribution in [3.63, 3.8) is 0 Å². The minimum absolute atomic E-state index is 0.129. The Morgan fingerprint density at radius 2 is 1.90 bits per heavy atom. The molecule has 29 heavy (non-hydrogen) atoms. The molecule has 1 aromatic carbocycles. The van der Waals surface area contributed by atoms with Gasteiger partial charge >= 0.3 is 0 Å². The van der Waals surface area contributed by atoms with Crippen molar-refractivity contribution in [2.75, 3.05) is 31.9 Å². The number of para-hydroxylation sites is 2. The highest BCUT2D eigenvalue weighted by Gasteiger charge is 2.22. The average molecular weight is 407 g/mol. The lowest BCUT2D eigenvalue weighted by Crippen LogP contribution is -2.48. The van der Waals surface area contributed by atoms with E-state index in [1.54, 1.807) is 0 Å². The Balaban J connectivity index is 1.12. The Labute approximate surface area is 172 Å². The molecule has 0 bridgehead atoms. The van der Waals surface area contributed by atoms with Gasteiger partial charge in [-0.1, -0.05) is 30.0 Å². The molecule has 5 rings (SSSR count). The molecule has 3 aromatic heterocycles. The molecule has 1 aliphatic heterocycles. The van der Waals surface area contributed by atoms with Crippen LogP contribution in [-0.4, -0.2) is 62.2 Å². The molecule has 1 amide bonds. The lowest BCUT2D eigenvalue weighted by molar-refractivity contribution is -0.130. The minimum Gasteiger partial charge on any atom is -0.431 e. The van der Waals surface area contributed by atoms with E-state index in [0.29, 0.717) is 11.0 Å². The zero-order valence-electron chi connectivity index (χ0n) is 15.9. The van der Waals surface area contributed by atoms with Crippen LogP contribution in [0, 0.1) is 0 Å². The molecule has 0 saturated carbocycles. The number of thioether (sulfide) groups is 1. The summed E-state index contributed by atoms with van der Waals surface area (Å²) in [5, 5.41) is 5.16. The number of benzene rings is 1. The number of amides is 1. The average Bonchev–Trinajstić information content (AvgIpc) is 3.35. The van der Waals surface area contributed by atoms with Gasteiger partial charge in [0, 0.05) is 38.9 Å². The fourth-order valence-corrected chi connectivity index (χ4v) is 4.32. The monoisotopic (exact) mass is 407 g/mol. The number of nitrogens with zero attached hydrogens (tertiary/aromatic N) is 5. The Bertz CT molecular complexity index is 1080. The number of carbonyl (C=O) groups is 1. The maximum atomic E-state index is 12.6. The van der Waals surface area contributed by atoms with Crippen LogP contribution in [0.4, 0.5) is 0 Å². The van der Waals surface area contributed by atoms with Gasteiger partial charge in [0.15, 0.2) is 5.58 Å². The summed E-state index contributed by atoms with van der Waals surface area (Å²) >= 11 is 1.36. The fraction of sp³-hybridized carbons (Fsp3) is 0.286. The van der Waals surface area contributed by atoms with Crippen molar-refractivity contribution in [2.24, 2.45) is 0 Å². The highest BCUT2D eigenvalue weighted by Crippen LogP contribution is 2.23. The first-order valence-electron chi connectivity index (χ1n) is 9.66. The van der Waals surface area contributed by atoms with E-state index in [0.717, 1.165) is 55.0 Å². The minimum atomic E-state index is 0.129. The quantitative estimate of drug-likeness (QED) is 0.474. The first-order chi connectivity index (χ1) is 14.2. The van der Waals surface area contributed by atoms with Crippen molar-refractivity contribution in [1.29, 1.82) is 0 Å². The number of aromatic nitrogens is 3. The first-order valence-corrected chi connectivity index (χ1v) is 10.6. The Morgan fingerprint density at radius 3 is 2.72 bits per heavy atom. The van der Waals surface area contributed by atoms with Crippen LogP contribution >= 0.6 is 11.8 Å². The summed E-state index contributed by atoms with van der Waals surface area (Å²) < 4.78 is 7.58. The van der Waals surface area contributed by atoms with Crippen molar-refractivity contribution in [3.8, 4) is 0 Å². The Kier molecular flexibility index (Phi) is 4.95. The van der Waals surface area contributed by atoms with Gasteiger partial charge in [-0.2, -0.15) is 5.10 Å². The number of piperazine rings is 1. The molecule has 1 fully saturated rings. The Hall–Kier alpha value is -2.84. The van der Waals surface area contributed by atoms with Gasteiger partial charge in [-0.25, -0.2) is 9.50 Å². The van der Waals surface area contributed by atoms with Gasteiger partial charge in [0.2, 0.25) is 5.91 Å². The zero-order valence-corrected chi connectivity index (χ0v) is 16.7. The van der Waals surface area contributed by atoms with E-state index >= 15 is 0 Å². The van der Waals surface area contributed by atoms with Crippen molar-refractivity contribution in [2.45, 2.75) is 11.8 Å². The summed E-state index contributed by atoms with van der Waals surface area (Å²) in [4.78, 5) is 21.3. The number of pyridine rings is 1. The third-order valence-corrected chi connectivity index (χ3v) is 5.94. The summed E-state index contributed by atoms with van der Waals surface area (Å²) in [5.74, 6) is 0.476. The molecule has 0 N–H and O–H groups in total. The number of fused-ring (bicyclic) bond motifs is 2. The van der Waals surface area contributed by atoms with Gasteiger partial charge in [-0.15, -0.1) is 0 Å². The maximum absolute atomic E-state index is 12.6. The molecule has 0 radical (unpaired) electrons. The van der Waals surface area contributed by atoms with Crippen LogP contribution in [0.5, 0.6) is 0 Å². The third kappa shape index (κ3) is 3.99. The second kappa shape index (κ2) is 7.88. The second-order valence-corrected chi connectivity index (χ2v) is 8.03. The Morgan fingerprint density at radius 1 is 1.07 bits per heavy atom. The van der Waals surface area contributed by atoms with Crippen LogP contribution in [0.1, 0.15) is 5.69 Å². The van der Waals surface area contributed by atoms with Gasteiger partial charge in [0.25, 0.3) is 5.22 Å². The van der Waals surface area contributed by atoms with Crippen molar-refractivity contribution in [1.82, 2.24) is 24.4 Å². The molecular formula is C21H21N5O2S. The molecule has 7 nitrogen and oxygen atoms in total. The summed E-state index contributed by atoms with van der Waals surface area (Å²) in [7, 11) is 0. The molecule has 8 heteroatoms. The highest BCUT2D eigenvalue weighted by atomic mass is 32.2. The van der Waals surface area contributed by atoms with Crippen LogP contribution in [0.2, 0.25) is 0 Å². The first kappa shape index (κ1) is 18.2. The molecule has 148 valence electrons. The zero-order chi connectivity index (χ0) is 19.6. The molecule has 4 heterocycles. The van der Waals surface area contributed by atoms with Gasteiger partial charge in [0.05, 0.1) is 17.0 Å². The topological polar surface area (TPSA) is 66.9 Å². The summed E-state index contributed by atoms with van der Waals surface area (Å²) in [6.45, 7) is 3.99. The predicted octanol–water partition coefficient (Wildman–Crippen LogP) is 2.91. The van der Waals surface area contributed by atoms with Gasteiger partial charge in [-0.3, -0.25) is 9.69 Å². The summed E-state index contributed by atoms with van der Waals surface area (Å²) in [6, 6.07) is 15.8. The van der Waals surface area contributed by atoms with Gasteiger partial charge in [-0.05, 0) is 30.3 Å². The summed E-state index contributed by atoms with van der Waals surface area (Å²) in [6.07, 6.45) is 1.96. The number of hydrogen-bond acceptors (Lipinski definition) is 6. The molecular weight excluding hydrogens is 386 g/mol.